The summed E-state index contributed by atoms with van der Waals surface area (Å²) in [7, 11) is 1.88. The Bertz CT molecular complexity index is 1240. The molecule has 1 aromatic heterocycles. The van der Waals surface area contributed by atoms with Crippen molar-refractivity contribution in [2.75, 3.05) is 10.6 Å². The lowest BCUT2D eigenvalue weighted by Gasteiger charge is -2.24. The molecule has 2 N–H and O–H groups in total. The molecule has 0 bridgehead atoms. The van der Waals surface area contributed by atoms with Crippen LogP contribution in [0.2, 0.25) is 0 Å². The second-order valence-electron chi connectivity index (χ2n) is 8.81. The Balaban J connectivity index is 1.39. The van der Waals surface area contributed by atoms with Crippen LogP contribution in [-0.2, 0) is 18.3 Å². The fourth-order valence-corrected chi connectivity index (χ4v) is 4.75. The molecule has 0 atom stereocenters. The van der Waals surface area contributed by atoms with Gasteiger partial charge in [-0.2, -0.15) is 0 Å². The molecule has 0 unspecified atom stereocenters. The molecule has 7 nitrogen and oxygen atoms in total. The molecule has 1 saturated carbocycles. The van der Waals surface area contributed by atoms with E-state index in [1.165, 1.54) is 6.42 Å². The number of hydrogen-bond acceptors (Lipinski definition) is 3. The zero-order valence-electron chi connectivity index (χ0n) is 19.4. The molecule has 1 heterocycles. The summed E-state index contributed by atoms with van der Waals surface area (Å²) in [5, 5.41) is 5.68. The van der Waals surface area contributed by atoms with Gasteiger partial charge in [0.1, 0.15) is 5.69 Å². The highest BCUT2D eigenvalue weighted by molar-refractivity contribution is 9.10. The first-order valence-corrected chi connectivity index (χ1v) is 12.4. The molecule has 0 spiro atoms. The maximum Gasteiger partial charge on any atom is 0.290 e. The van der Waals surface area contributed by atoms with E-state index in [0.717, 1.165) is 41.4 Å². The van der Waals surface area contributed by atoms with Gasteiger partial charge < -0.3 is 10.6 Å². The molecular weight excluding hydrogens is 496 g/mol. The molecule has 34 heavy (non-hydrogen) atoms. The summed E-state index contributed by atoms with van der Waals surface area (Å²) in [5.41, 5.74) is 2.98. The number of nitrogens with one attached hydrogen (secondary N) is 2. The quantitative estimate of drug-likeness (QED) is 0.464. The lowest BCUT2D eigenvalue weighted by molar-refractivity contribution is -0.115. The zero-order valence-corrected chi connectivity index (χ0v) is 21.0. The van der Waals surface area contributed by atoms with Crippen molar-refractivity contribution >= 4 is 39.1 Å². The van der Waals surface area contributed by atoms with Gasteiger partial charge in [0.25, 0.3) is 11.5 Å². The first kappa shape index (κ1) is 24.0. The highest BCUT2D eigenvalue weighted by atomic mass is 79.9. The first-order chi connectivity index (χ1) is 16.3. The van der Waals surface area contributed by atoms with Crippen LogP contribution in [0, 0.1) is 6.92 Å². The van der Waals surface area contributed by atoms with E-state index in [9.17, 15) is 14.4 Å². The summed E-state index contributed by atoms with van der Waals surface area (Å²) in [4.78, 5) is 38.2. The normalized spacial score (nSPS) is 14.1. The van der Waals surface area contributed by atoms with Crippen molar-refractivity contribution in [3.8, 4) is 0 Å². The third kappa shape index (κ3) is 5.33. The van der Waals surface area contributed by atoms with Gasteiger partial charge >= 0.3 is 0 Å². The molecule has 3 aromatic rings. The van der Waals surface area contributed by atoms with Gasteiger partial charge in [-0.25, -0.2) is 4.68 Å². The van der Waals surface area contributed by atoms with Crippen LogP contribution in [0.15, 0.2) is 57.8 Å². The Morgan fingerprint density at radius 2 is 1.62 bits per heavy atom. The lowest BCUT2D eigenvalue weighted by atomic mass is 9.96. The topological polar surface area (TPSA) is 85.1 Å². The van der Waals surface area contributed by atoms with Crippen LogP contribution in [0.4, 0.5) is 11.4 Å². The molecule has 1 fully saturated rings. The Labute approximate surface area is 207 Å². The van der Waals surface area contributed by atoms with E-state index in [1.54, 1.807) is 41.1 Å². The molecule has 2 aromatic carbocycles. The van der Waals surface area contributed by atoms with Crippen molar-refractivity contribution in [1.29, 1.82) is 0 Å². The molecule has 0 saturated heterocycles. The number of anilines is 2. The molecule has 0 aliphatic heterocycles. The van der Waals surface area contributed by atoms with Gasteiger partial charge in [-0.05, 0) is 61.7 Å². The Hall–Kier alpha value is -3.13. The smallest absolute Gasteiger partial charge is 0.290 e. The van der Waals surface area contributed by atoms with Crippen LogP contribution >= 0.6 is 15.9 Å². The number of amides is 2. The molecule has 8 heteroatoms. The van der Waals surface area contributed by atoms with E-state index in [0.29, 0.717) is 16.9 Å². The van der Waals surface area contributed by atoms with Gasteiger partial charge in [0.2, 0.25) is 5.91 Å². The van der Waals surface area contributed by atoms with E-state index in [2.05, 4.69) is 26.6 Å². The molecule has 2 amide bonds. The molecule has 1 aliphatic rings. The summed E-state index contributed by atoms with van der Waals surface area (Å²) in [5.74, 6) is -0.444. The minimum atomic E-state index is -0.242. The first-order valence-electron chi connectivity index (χ1n) is 11.6. The number of carbonyl (C=O) groups excluding carboxylic acids is 2. The van der Waals surface area contributed by atoms with Crippen molar-refractivity contribution in [2.45, 2.75) is 51.5 Å². The van der Waals surface area contributed by atoms with Crippen molar-refractivity contribution < 1.29 is 9.59 Å². The third-order valence-corrected chi connectivity index (χ3v) is 6.99. The average molecular weight is 525 g/mol. The van der Waals surface area contributed by atoms with Crippen LogP contribution in [0.1, 0.15) is 59.8 Å². The van der Waals surface area contributed by atoms with E-state index in [1.807, 2.05) is 30.8 Å². The largest absolute Gasteiger partial charge is 0.322 e. The SMILES string of the molecule is Cc1c(NC(=O)Cc2ccc(NC(=O)c3ccc(Br)cc3)cc2)c(=O)n(C2CCCCC2)n1C. The lowest BCUT2D eigenvalue weighted by Crippen LogP contribution is -2.29. The number of carbonyl (C=O) groups is 2. The van der Waals surface area contributed by atoms with E-state index < -0.39 is 0 Å². The zero-order chi connectivity index (χ0) is 24.2. The Morgan fingerprint density at radius 1 is 0.971 bits per heavy atom. The average Bonchev–Trinajstić information content (AvgIpc) is 3.04. The second-order valence-corrected chi connectivity index (χ2v) is 9.72. The standard InChI is InChI=1S/C26H29BrN4O3/c1-17-24(26(34)31(30(17)2)22-6-4-3-5-7-22)29-23(32)16-18-8-14-21(15-9-18)28-25(33)19-10-12-20(27)13-11-19/h8-15,22H,3-7,16H2,1-2H3,(H,28,33)(H,29,32). The van der Waals surface area contributed by atoms with Gasteiger partial charge in [-0.3, -0.25) is 19.1 Å². The highest BCUT2D eigenvalue weighted by Gasteiger charge is 2.24. The minimum absolute atomic E-state index is 0.133. The third-order valence-electron chi connectivity index (χ3n) is 6.46. The molecular formula is C26H29BrN4O3. The molecule has 4 rings (SSSR count). The van der Waals surface area contributed by atoms with Crippen molar-refractivity contribution in [3.63, 3.8) is 0 Å². The summed E-state index contributed by atoms with van der Waals surface area (Å²) in [6.45, 7) is 1.86. The van der Waals surface area contributed by atoms with Gasteiger partial charge in [0.15, 0.2) is 0 Å². The van der Waals surface area contributed by atoms with E-state index in [4.69, 9.17) is 0 Å². The monoisotopic (exact) mass is 524 g/mol. The van der Waals surface area contributed by atoms with Crippen molar-refractivity contribution in [1.82, 2.24) is 9.36 Å². The highest BCUT2D eigenvalue weighted by Crippen LogP contribution is 2.28. The summed E-state index contributed by atoms with van der Waals surface area (Å²) in [6, 6.07) is 14.4. The summed E-state index contributed by atoms with van der Waals surface area (Å²) < 4.78 is 4.58. The summed E-state index contributed by atoms with van der Waals surface area (Å²) in [6.07, 6.45) is 5.60. The number of nitrogens with zero attached hydrogens (tertiary/aromatic N) is 2. The fraction of sp³-hybridized carbons (Fsp3) is 0.346. The number of hydrogen-bond donors (Lipinski definition) is 2. The molecule has 1 aliphatic carbocycles. The number of halogens is 1. The van der Waals surface area contributed by atoms with E-state index >= 15 is 0 Å². The van der Waals surface area contributed by atoms with Crippen LogP contribution in [0.25, 0.3) is 0 Å². The van der Waals surface area contributed by atoms with Crippen LogP contribution < -0.4 is 16.2 Å². The maximum atomic E-state index is 13.1. The predicted molar refractivity (Wildman–Crippen MR) is 137 cm³/mol. The second kappa shape index (κ2) is 10.4. The van der Waals surface area contributed by atoms with Crippen LogP contribution in [0.3, 0.4) is 0 Å². The van der Waals surface area contributed by atoms with E-state index in [-0.39, 0.29) is 29.8 Å². The van der Waals surface area contributed by atoms with Crippen LogP contribution in [0.5, 0.6) is 0 Å². The van der Waals surface area contributed by atoms with Gasteiger partial charge in [-0.1, -0.05) is 47.3 Å². The van der Waals surface area contributed by atoms with Crippen molar-refractivity contribution in [3.05, 3.63) is 80.2 Å². The van der Waals surface area contributed by atoms with Gasteiger partial charge in [0, 0.05) is 22.8 Å². The Kier molecular flexibility index (Phi) is 7.36. The number of aromatic nitrogens is 2. The Morgan fingerprint density at radius 3 is 2.26 bits per heavy atom. The van der Waals surface area contributed by atoms with Gasteiger partial charge in [-0.15, -0.1) is 0 Å². The molecule has 178 valence electrons. The minimum Gasteiger partial charge on any atom is -0.322 e. The van der Waals surface area contributed by atoms with Crippen molar-refractivity contribution in [2.24, 2.45) is 7.05 Å². The number of rotatable bonds is 6. The predicted octanol–water partition coefficient (Wildman–Crippen LogP) is 5.20. The molecule has 0 radical (unpaired) electrons. The van der Waals surface area contributed by atoms with Gasteiger partial charge in [0.05, 0.1) is 18.2 Å². The summed E-state index contributed by atoms with van der Waals surface area (Å²) >= 11 is 3.36. The van der Waals surface area contributed by atoms with Crippen LogP contribution in [-0.4, -0.2) is 21.2 Å². The fourth-order valence-electron chi connectivity index (χ4n) is 4.49. The number of benzene rings is 2. The maximum absolute atomic E-state index is 13.1.